The van der Waals surface area contributed by atoms with Crippen LogP contribution in [0.5, 0.6) is 0 Å². The fourth-order valence-electron chi connectivity index (χ4n) is 1.34. The second kappa shape index (κ2) is 4.58. The average molecular weight is 252 g/mol. The van der Waals surface area contributed by atoms with Crippen molar-refractivity contribution in [1.82, 2.24) is 4.98 Å². The molecule has 1 heterocycles. The number of anilines is 1. The molecule has 1 aromatic carbocycles. The third-order valence-electron chi connectivity index (χ3n) is 2.01. The van der Waals surface area contributed by atoms with Crippen LogP contribution in [0.15, 0.2) is 18.2 Å². The highest BCUT2D eigenvalue weighted by Crippen LogP contribution is 2.26. The Morgan fingerprint density at radius 2 is 2.24 bits per heavy atom. The van der Waals surface area contributed by atoms with E-state index < -0.39 is 5.91 Å². The molecule has 1 aromatic heterocycles. The number of thiazole rings is 1. The maximum atomic E-state index is 12.9. The van der Waals surface area contributed by atoms with E-state index in [-0.39, 0.29) is 18.0 Å². The van der Waals surface area contributed by atoms with Gasteiger partial charge in [-0.1, -0.05) is 11.3 Å². The lowest BCUT2D eigenvalue weighted by Gasteiger charge is -1.97. The molecule has 6 heteroatoms. The van der Waals surface area contributed by atoms with Crippen molar-refractivity contribution in [3.05, 3.63) is 24.0 Å². The molecular weight excluding hydrogens is 243 g/mol. The van der Waals surface area contributed by atoms with E-state index in [0.29, 0.717) is 15.3 Å². The van der Waals surface area contributed by atoms with Gasteiger partial charge < -0.3 is 5.32 Å². The van der Waals surface area contributed by atoms with Gasteiger partial charge >= 0.3 is 0 Å². The number of amides is 1. The van der Waals surface area contributed by atoms with Crippen molar-refractivity contribution in [2.45, 2.75) is 13.3 Å². The zero-order valence-corrected chi connectivity index (χ0v) is 9.81. The quantitative estimate of drug-likeness (QED) is 0.853. The summed E-state index contributed by atoms with van der Waals surface area (Å²) in [6.07, 6.45) is -0.176. The molecule has 0 aliphatic heterocycles. The van der Waals surface area contributed by atoms with Crippen LogP contribution in [0.2, 0.25) is 0 Å². The summed E-state index contributed by atoms with van der Waals surface area (Å²) >= 11 is 1.17. The Kier molecular flexibility index (Phi) is 3.14. The van der Waals surface area contributed by atoms with Gasteiger partial charge in [0.25, 0.3) is 0 Å². The number of rotatable bonds is 3. The maximum absolute atomic E-state index is 12.9. The first-order chi connectivity index (χ1) is 8.04. The van der Waals surface area contributed by atoms with Crippen molar-refractivity contribution in [1.29, 1.82) is 0 Å². The molecule has 4 nitrogen and oxygen atoms in total. The van der Waals surface area contributed by atoms with Crippen molar-refractivity contribution in [3.8, 4) is 0 Å². The van der Waals surface area contributed by atoms with Crippen molar-refractivity contribution in [3.63, 3.8) is 0 Å². The predicted molar refractivity (Wildman–Crippen MR) is 63.5 cm³/mol. The number of Topliss-reactive ketones (excluding diaryl/α,β-unsaturated/α-hetero) is 1. The fourth-order valence-corrected chi connectivity index (χ4v) is 2.25. The van der Waals surface area contributed by atoms with Gasteiger partial charge in [-0.25, -0.2) is 9.37 Å². The second-order valence-electron chi connectivity index (χ2n) is 3.56. The van der Waals surface area contributed by atoms with Crippen LogP contribution in [0.1, 0.15) is 13.3 Å². The van der Waals surface area contributed by atoms with Crippen LogP contribution >= 0.6 is 11.3 Å². The van der Waals surface area contributed by atoms with Gasteiger partial charge in [-0.15, -0.1) is 0 Å². The molecule has 0 fully saturated rings. The standard InChI is InChI=1S/C11H9FN2O2S/c1-6(15)4-10(16)14-11-13-8-3-2-7(12)5-9(8)17-11/h2-3,5H,4H2,1H3,(H,13,14,16). The van der Waals surface area contributed by atoms with E-state index >= 15 is 0 Å². The third kappa shape index (κ3) is 2.85. The van der Waals surface area contributed by atoms with Gasteiger partial charge in [-0.3, -0.25) is 9.59 Å². The number of nitrogens with zero attached hydrogens (tertiary/aromatic N) is 1. The van der Waals surface area contributed by atoms with Gasteiger partial charge in [0.1, 0.15) is 11.6 Å². The molecule has 1 N–H and O–H groups in total. The topological polar surface area (TPSA) is 59.1 Å². The van der Waals surface area contributed by atoms with Gasteiger partial charge in [-0.05, 0) is 25.1 Å². The molecule has 17 heavy (non-hydrogen) atoms. The van der Waals surface area contributed by atoms with Gasteiger partial charge in [0.15, 0.2) is 5.13 Å². The summed E-state index contributed by atoms with van der Waals surface area (Å²) < 4.78 is 13.6. The zero-order chi connectivity index (χ0) is 12.4. The molecule has 0 spiro atoms. The van der Waals surface area contributed by atoms with Gasteiger partial charge in [0.05, 0.1) is 16.6 Å². The Morgan fingerprint density at radius 3 is 2.94 bits per heavy atom. The first-order valence-electron chi connectivity index (χ1n) is 4.90. The van der Waals surface area contributed by atoms with E-state index in [1.165, 1.54) is 30.4 Å². The highest BCUT2D eigenvalue weighted by atomic mass is 32.1. The van der Waals surface area contributed by atoms with Crippen LogP contribution in [0.3, 0.4) is 0 Å². The number of fused-ring (bicyclic) bond motifs is 1. The predicted octanol–water partition coefficient (Wildman–Crippen LogP) is 2.35. The molecule has 0 unspecified atom stereocenters. The van der Waals surface area contributed by atoms with Crippen LogP contribution in [0.4, 0.5) is 9.52 Å². The minimum Gasteiger partial charge on any atom is -0.302 e. The maximum Gasteiger partial charge on any atom is 0.233 e. The molecule has 0 bridgehead atoms. The smallest absolute Gasteiger partial charge is 0.233 e. The number of aromatic nitrogens is 1. The number of carbonyl (C=O) groups is 2. The van der Waals surface area contributed by atoms with Gasteiger partial charge in [-0.2, -0.15) is 0 Å². The first kappa shape index (κ1) is 11.7. The lowest BCUT2D eigenvalue weighted by Crippen LogP contribution is -2.14. The van der Waals surface area contributed by atoms with Crippen LogP contribution < -0.4 is 5.32 Å². The highest BCUT2D eigenvalue weighted by molar-refractivity contribution is 7.22. The zero-order valence-electron chi connectivity index (χ0n) is 8.99. The summed E-state index contributed by atoms with van der Waals surface area (Å²) in [5.41, 5.74) is 0.620. The minimum absolute atomic E-state index is 0.176. The van der Waals surface area contributed by atoms with Gasteiger partial charge in [0.2, 0.25) is 5.91 Å². The summed E-state index contributed by atoms with van der Waals surface area (Å²) in [4.78, 5) is 26.2. The Bertz CT molecular complexity index is 594. The lowest BCUT2D eigenvalue weighted by atomic mass is 10.3. The SMILES string of the molecule is CC(=O)CC(=O)Nc1nc2ccc(F)cc2s1. The van der Waals surface area contributed by atoms with Crippen molar-refractivity contribution in [2.75, 3.05) is 5.32 Å². The van der Waals surface area contributed by atoms with E-state index in [1.807, 2.05) is 0 Å². The summed E-state index contributed by atoms with van der Waals surface area (Å²) in [7, 11) is 0. The molecule has 0 radical (unpaired) electrons. The number of benzene rings is 1. The van der Waals surface area contributed by atoms with Crippen LogP contribution in [0, 0.1) is 5.82 Å². The van der Waals surface area contributed by atoms with Crippen LogP contribution in [0.25, 0.3) is 10.2 Å². The Morgan fingerprint density at radius 1 is 1.47 bits per heavy atom. The largest absolute Gasteiger partial charge is 0.302 e. The molecule has 0 aliphatic carbocycles. The second-order valence-corrected chi connectivity index (χ2v) is 4.59. The van der Waals surface area contributed by atoms with Crippen molar-refractivity contribution >= 4 is 38.4 Å². The van der Waals surface area contributed by atoms with Crippen molar-refractivity contribution in [2.24, 2.45) is 0 Å². The van der Waals surface area contributed by atoms with Crippen LogP contribution in [-0.4, -0.2) is 16.7 Å². The Hall–Kier alpha value is -1.82. The number of nitrogens with one attached hydrogen (secondary N) is 1. The molecule has 0 aliphatic rings. The van der Waals surface area contributed by atoms with E-state index in [4.69, 9.17) is 0 Å². The normalized spacial score (nSPS) is 10.5. The molecule has 2 aromatic rings. The first-order valence-corrected chi connectivity index (χ1v) is 5.71. The highest BCUT2D eigenvalue weighted by Gasteiger charge is 2.09. The summed E-state index contributed by atoms with van der Waals surface area (Å²) in [6, 6.07) is 4.21. The average Bonchev–Trinajstić information content (AvgIpc) is 2.57. The molecule has 2 rings (SSSR count). The fraction of sp³-hybridized carbons (Fsp3) is 0.182. The van der Waals surface area contributed by atoms with E-state index in [1.54, 1.807) is 6.07 Å². The Labute approximate surface area is 100 Å². The number of carbonyl (C=O) groups excluding carboxylic acids is 2. The van der Waals surface area contributed by atoms with Gasteiger partial charge in [0, 0.05) is 0 Å². The monoisotopic (exact) mass is 252 g/mol. The van der Waals surface area contributed by atoms with E-state index in [2.05, 4.69) is 10.3 Å². The minimum atomic E-state index is -0.406. The Balaban J connectivity index is 2.19. The molecule has 0 atom stereocenters. The third-order valence-corrected chi connectivity index (χ3v) is 2.94. The van der Waals surface area contributed by atoms with E-state index in [9.17, 15) is 14.0 Å². The molecule has 88 valence electrons. The molecular formula is C11H9FN2O2S. The lowest BCUT2D eigenvalue weighted by molar-refractivity contribution is -0.124. The molecule has 0 saturated heterocycles. The number of hydrogen-bond donors (Lipinski definition) is 1. The summed E-state index contributed by atoms with van der Waals surface area (Å²) in [5.74, 6) is -0.963. The van der Waals surface area contributed by atoms with E-state index in [0.717, 1.165) is 0 Å². The summed E-state index contributed by atoms with van der Waals surface area (Å²) in [6.45, 7) is 1.34. The van der Waals surface area contributed by atoms with Crippen LogP contribution in [-0.2, 0) is 9.59 Å². The number of halogens is 1. The van der Waals surface area contributed by atoms with Crippen molar-refractivity contribution < 1.29 is 14.0 Å². The molecule has 1 amide bonds. The number of ketones is 1. The summed E-state index contributed by atoms with van der Waals surface area (Å²) in [5, 5.41) is 2.88. The molecule has 0 saturated carbocycles. The number of hydrogen-bond acceptors (Lipinski definition) is 4.